The maximum absolute atomic E-state index is 12.5. The average Bonchev–Trinajstić information content (AvgIpc) is 2.95. The van der Waals surface area contributed by atoms with Gasteiger partial charge >= 0.3 is 0 Å². The van der Waals surface area contributed by atoms with E-state index in [-0.39, 0.29) is 11.9 Å². The molecule has 0 aliphatic carbocycles. The minimum absolute atomic E-state index is 0.0185. The Morgan fingerprint density at radius 2 is 2.10 bits per heavy atom. The molecular weight excluding hydrogens is 254 g/mol. The van der Waals surface area contributed by atoms with Crippen LogP contribution in [0.4, 0.5) is 0 Å². The Kier molecular flexibility index (Phi) is 3.92. The van der Waals surface area contributed by atoms with Crippen LogP contribution in [0, 0.1) is 13.8 Å². The molecule has 0 bridgehead atoms. The lowest BCUT2D eigenvalue weighted by Crippen LogP contribution is -2.26. The van der Waals surface area contributed by atoms with Gasteiger partial charge in [-0.1, -0.05) is 0 Å². The number of nitrogens with one attached hydrogen (secondary N) is 1. The lowest BCUT2D eigenvalue weighted by atomic mass is 10.2. The number of aromatic nitrogens is 4. The summed E-state index contributed by atoms with van der Waals surface area (Å²) in [6.45, 7) is 8.51. The highest BCUT2D eigenvalue weighted by atomic mass is 16.2. The number of carbonyl (C=O) groups is 1. The van der Waals surface area contributed by atoms with Crippen molar-refractivity contribution in [1.29, 1.82) is 0 Å². The molecule has 0 radical (unpaired) electrons. The van der Waals surface area contributed by atoms with Crippen LogP contribution in [-0.4, -0.2) is 37.8 Å². The van der Waals surface area contributed by atoms with Crippen LogP contribution < -0.4 is 0 Å². The molecule has 0 unspecified atom stereocenters. The fourth-order valence-corrected chi connectivity index (χ4v) is 2.22. The Bertz CT molecular complexity index is 611. The highest BCUT2D eigenvalue weighted by molar-refractivity contribution is 5.94. The second-order valence-corrected chi connectivity index (χ2v) is 5.36. The number of carbonyl (C=O) groups excluding carboxylic acids is 1. The first-order valence-electron chi connectivity index (χ1n) is 6.70. The van der Waals surface area contributed by atoms with Crippen molar-refractivity contribution in [3.05, 3.63) is 34.9 Å². The molecule has 2 aromatic heterocycles. The van der Waals surface area contributed by atoms with E-state index in [1.165, 1.54) is 0 Å². The molecule has 0 aliphatic rings. The number of aromatic amines is 1. The first kappa shape index (κ1) is 14.3. The predicted octanol–water partition coefficient (Wildman–Crippen LogP) is 2.08. The van der Waals surface area contributed by atoms with Gasteiger partial charge in [0.2, 0.25) is 0 Å². The third-order valence-electron chi connectivity index (χ3n) is 3.45. The van der Waals surface area contributed by atoms with E-state index in [9.17, 15) is 4.79 Å². The molecule has 2 heterocycles. The van der Waals surface area contributed by atoms with Crippen LogP contribution in [0.5, 0.6) is 0 Å². The van der Waals surface area contributed by atoms with Gasteiger partial charge in [-0.2, -0.15) is 10.2 Å². The zero-order valence-corrected chi connectivity index (χ0v) is 12.6. The summed E-state index contributed by atoms with van der Waals surface area (Å²) in [7, 11) is 1.79. The van der Waals surface area contributed by atoms with Gasteiger partial charge in [0.15, 0.2) is 0 Å². The van der Waals surface area contributed by atoms with Crippen molar-refractivity contribution in [2.75, 3.05) is 7.05 Å². The summed E-state index contributed by atoms with van der Waals surface area (Å²) < 4.78 is 1.87. The van der Waals surface area contributed by atoms with Crippen LogP contribution in [0.25, 0.3) is 0 Å². The second-order valence-electron chi connectivity index (χ2n) is 5.36. The van der Waals surface area contributed by atoms with Gasteiger partial charge in [0.05, 0.1) is 18.0 Å². The normalized spacial score (nSPS) is 11.1. The lowest BCUT2D eigenvalue weighted by Gasteiger charge is -2.17. The van der Waals surface area contributed by atoms with Gasteiger partial charge in [-0.25, -0.2) is 0 Å². The monoisotopic (exact) mass is 275 g/mol. The van der Waals surface area contributed by atoms with Crippen molar-refractivity contribution in [1.82, 2.24) is 24.9 Å². The molecule has 6 heteroatoms. The van der Waals surface area contributed by atoms with Crippen LogP contribution in [0.15, 0.2) is 12.4 Å². The minimum Gasteiger partial charge on any atom is -0.337 e. The number of aryl methyl sites for hydroxylation is 1. The molecule has 6 nitrogen and oxygen atoms in total. The summed E-state index contributed by atoms with van der Waals surface area (Å²) in [5.74, 6) is -0.0185. The highest BCUT2D eigenvalue weighted by Crippen LogP contribution is 2.16. The molecule has 0 aliphatic heterocycles. The highest BCUT2D eigenvalue weighted by Gasteiger charge is 2.19. The van der Waals surface area contributed by atoms with Crippen LogP contribution in [0.2, 0.25) is 0 Å². The molecule has 0 saturated carbocycles. The fourth-order valence-electron chi connectivity index (χ4n) is 2.22. The topological polar surface area (TPSA) is 66.8 Å². The van der Waals surface area contributed by atoms with Gasteiger partial charge in [-0.05, 0) is 27.7 Å². The van der Waals surface area contributed by atoms with Crippen molar-refractivity contribution in [3.8, 4) is 0 Å². The first-order chi connectivity index (χ1) is 9.41. The molecule has 108 valence electrons. The summed E-state index contributed by atoms with van der Waals surface area (Å²) in [6, 6.07) is 0.248. The molecule has 1 N–H and O–H groups in total. The molecule has 20 heavy (non-hydrogen) atoms. The van der Waals surface area contributed by atoms with Crippen LogP contribution in [0.1, 0.15) is 47.2 Å². The number of hydrogen-bond donors (Lipinski definition) is 1. The van der Waals surface area contributed by atoms with Crippen molar-refractivity contribution >= 4 is 5.91 Å². The van der Waals surface area contributed by atoms with E-state index in [1.54, 1.807) is 24.3 Å². The quantitative estimate of drug-likeness (QED) is 0.929. The molecule has 0 saturated heterocycles. The Hall–Kier alpha value is -2.11. The fraction of sp³-hybridized carbons (Fsp3) is 0.500. The van der Waals surface area contributed by atoms with E-state index in [4.69, 9.17) is 0 Å². The van der Waals surface area contributed by atoms with Crippen molar-refractivity contribution in [3.63, 3.8) is 0 Å². The minimum atomic E-state index is -0.0185. The molecule has 0 spiro atoms. The van der Waals surface area contributed by atoms with Crippen molar-refractivity contribution in [2.45, 2.75) is 40.3 Å². The predicted molar refractivity (Wildman–Crippen MR) is 76.5 cm³/mol. The summed E-state index contributed by atoms with van der Waals surface area (Å²) in [6.07, 6.45) is 3.40. The maximum atomic E-state index is 12.5. The SMILES string of the molecule is Cc1[nH]ncc1CN(C)C(=O)c1cnn(C(C)C)c1C. The van der Waals surface area contributed by atoms with Gasteiger partial charge in [0, 0.05) is 36.6 Å². The van der Waals surface area contributed by atoms with Gasteiger partial charge in [-0.15, -0.1) is 0 Å². The molecule has 0 aromatic carbocycles. The number of nitrogens with zero attached hydrogens (tertiary/aromatic N) is 4. The van der Waals surface area contributed by atoms with E-state index in [0.717, 1.165) is 17.0 Å². The number of rotatable bonds is 4. The van der Waals surface area contributed by atoms with Gasteiger partial charge in [-0.3, -0.25) is 14.6 Å². The average molecular weight is 275 g/mol. The standard InChI is InChI=1S/C14H21N5O/c1-9(2)19-11(4)13(7-16-19)14(20)18(5)8-12-6-15-17-10(12)3/h6-7,9H,8H2,1-5H3,(H,15,17). The Morgan fingerprint density at radius 3 is 2.60 bits per heavy atom. The number of amides is 1. The van der Waals surface area contributed by atoms with E-state index in [0.29, 0.717) is 12.1 Å². The number of hydrogen-bond acceptors (Lipinski definition) is 3. The van der Waals surface area contributed by atoms with Crippen LogP contribution >= 0.6 is 0 Å². The molecule has 0 atom stereocenters. The number of H-pyrrole nitrogens is 1. The Balaban J connectivity index is 2.17. The van der Waals surface area contributed by atoms with E-state index in [1.807, 2.05) is 32.4 Å². The zero-order chi connectivity index (χ0) is 14.9. The summed E-state index contributed by atoms with van der Waals surface area (Å²) in [5, 5.41) is 11.1. The van der Waals surface area contributed by atoms with E-state index < -0.39 is 0 Å². The molecule has 0 fully saturated rings. The molecule has 1 amide bonds. The third-order valence-corrected chi connectivity index (χ3v) is 3.45. The van der Waals surface area contributed by atoms with Gasteiger partial charge in [0.25, 0.3) is 5.91 Å². The summed E-state index contributed by atoms with van der Waals surface area (Å²) in [4.78, 5) is 14.2. The van der Waals surface area contributed by atoms with E-state index in [2.05, 4.69) is 15.3 Å². The smallest absolute Gasteiger partial charge is 0.257 e. The third kappa shape index (κ3) is 2.59. The Labute approximate surface area is 118 Å². The second kappa shape index (κ2) is 5.48. The van der Waals surface area contributed by atoms with E-state index >= 15 is 0 Å². The van der Waals surface area contributed by atoms with Gasteiger partial charge < -0.3 is 4.90 Å². The van der Waals surface area contributed by atoms with Crippen molar-refractivity contribution < 1.29 is 4.79 Å². The molecule has 2 rings (SSSR count). The summed E-state index contributed by atoms with van der Waals surface area (Å²) >= 11 is 0. The maximum Gasteiger partial charge on any atom is 0.257 e. The van der Waals surface area contributed by atoms with Crippen LogP contribution in [0.3, 0.4) is 0 Å². The van der Waals surface area contributed by atoms with Gasteiger partial charge in [0.1, 0.15) is 0 Å². The largest absolute Gasteiger partial charge is 0.337 e. The Morgan fingerprint density at radius 1 is 1.40 bits per heavy atom. The first-order valence-corrected chi connectivity index (χ1v) is 6.70. The van der Waals surface area contributed by atoms with Crippen LogP contribution in [-0.2, 0) is 6.54 Å². The van der Waals surface area contributed by atoms with Crippen molar-refractivity contribution in [2.24, 2.45) is 0 Å². The summed E-state index contributed by atoms with van der Waals surface area (Å²) in [5.41, 5.74) is 3.57. The lowest BCUT2D eigenvalue weighted by molar-refractivity contribution is 0.0784. The molecular formula is C14H21N5O. The molecule has 2 aromatic rings. The zero-order valence-electron chi connectivity index (χ0n) is 12.6.